The summed E-state index contributed by atoms with van der Waals surface area (Å²) in [5, 5.41) is 12.3. The quantitative estimate of drug-likeness (QED) is 0.460. The van der Waals surface area contributed by atoms with Crippen molar-refractivity contribution in [2.24, 2.45) is 11.8 Å². The maximum Gasteiger partial charge on any atom is 0.312 e. The van der Waals surface area contributed by atoms with Crippen LogP contribution in [0.25, 0.3) is 0 Å². The Morgan fingerprint density at radius 1 is 1.37 bits per heavy atom. The number of hydrogen-bond donors (Lipinski definition) is 2. The number of aliphatic hydroxyl groups excluding tert-OH is 1. The molecule has 0 aromatic carbocycles. The lowest BCUT2D eigenvalue weighted by Crippen LogP contribution is -2.55. The van der Waals surface area contributed by atoms with Crippen LogP contribution >= 0.6 is 0 Å². The summed E-state index contributed by atoms with van der Waals surface area (Å²) in [5.41, 5.74) is -1.84. The topological polar surface area (TPSA) is 105 Å². The van der Waals surface area contributed by atoms with Gasteiger partial charge >= 0.3 is 5.97 Å². The molecule has 2 amide bonds. The molecule has 5 atom stereocenters. The molecule has 2 N–H and O–H groups in total. The minimum atomic E-state index is -1.03. The van der Waals surface area contributed by atoms with Crippen molar-refractivity contribution in [1.29, 1.82) is 0 Å². The fourth-order valence-corrected chi connectivity index (χ4v) is 5.15. The lowest BCUT2D eigenvalue weighted by atomic mass is 9.66. The summed E-state index contributed by atoms with van der Waals surface area (Å²) in [6.45, 7) is 6.12. The number of hydrogen-bond acceptors (Lipinski definition) is 6. The lowest BCUT2D eigenvalue weighted by Gasteiger charge is -2.33. The van der Waals surface area contributed by atoms with Crippen molar-refractivity contribution in [3.05, 3.63) is 0 Å². The van der Waals surface area contributed by atoms with Crippen LogP contribution in [-0.4, -0.2) is 71.3 Å². The number of aliphatic hydroxyl groups is 1. The van der Waals surface area contributed by atoms with Gasteiger partial charge in [-0.3, -0.25) is 14.4 Å². The number of carbonyl (C=O) groups excluding carboxylic acids is 3. The highest BCUT2D eigenvalue weighted by Gasteiger charge is 2.78. The highest BCUT2D eigenvalue weighted by atomic mass is 16.6. The molecule has 3 heterocycles. The second-order valence-corrected chi connectivity index (χ2v) is 7.88. The number of fused-ring (bicyclic) bond motifs is 1. The highest BCUT2D eigenvalue weighted by molar-refractivity contribution is 5.98. The van der Waals surface area contributed by atoms with Crippen LogP contribution in [0.4, 0.5) is 0 Å². The summed E-state index contributed by atoms with van der Waals surface area (Å²) in [5.74, 6) is -2.50. The van der Waals surface area contributed by atoms with Crippen LogP contribution in [0.2, 0.25) is 0 Å². The van der Waals surface area contributed by atoms with Crippen molar-refractivity contribution >= 4 is 17.8 Å². The third-order valence-corrected chi connectivity index (χ3v) is 6.24. The molecule has 3 saturated heterocycles. The molecule has 1 spiro atoms. The van der Waals surface area contributed by atoms with Crippen molar-refractivity contribution in [3.63, 3.8) is 0 Å². The third kappa shape index (κ3) is 2.93. The molecule has 0 aliphatic carbocycles. The van der Waals surface area contributed by atoms with Crippen LogP contribution in [0, 0.1) is 11.8 Å². The number of unbranched alkanes of at least 4 members (excludes halogenated alkanes) is 1. The molecule has 0 aromatic rings. The first kappa shape index (κ1) is 20.1. The van der Waals surface area contributed by atoms with Crippen molar-refractivity contribution in [2.75, 3.05) is 26.3 Å². The van der Waals surface area contributed by atoms with Crippen LogP contribution in [0.1, 0.15) is 46.5 Å². The fraction of sp³-hybridized carbons (Fsp3) is 0.842. The first-order valence-corrected chi connectivity index (χ1v) is 9.92. The fourth-order valence-electron chi connectivity index (χ4n) is 5.15. The number of likely N-dealkylation sites (tertiary alicyclic amines) is 1. The van der Waals surface area contributed by atoms with Gasteiger partial charge < -0.3 is 24.8 Å². The standard InChI is InChI=1S/C19H30N2O6/c1-4-6-9-20-15(23)14-19-8-7-18(3,27-19)13(17(25)26-5-2)12(19)16(24)21(14)10-11-22/h12-14,22H,4-11H2,1-3H3,(H,20,23)/t12-,13-,14?,18+,19?/m0/s1. The average Bonchev–Trinajstić information content (AvgIpc) is 3.17. The van der Waals surface area contributed by atoms with Gasteiger partial charge in [-0.25, -0.2) is 0 Å². The summed E-state index contributed by atoms with van der Waals surface area (Å²) in [4.78, 5) is 40.3. The predicted octanol–water partition coefficient (Wildman–Crippen LogP) is 0.223. The van der Waals surface area contributed by atoms with Crippen molar-refractivity contribution in [2.45, 2.75) is 63.7 Å². The summed E-state index contributed by atoms with van der Waals surface area (Å²) >= 11 is 0. The van der Waals surface area contributed by atoms with Crippen LogP contribution in [0.15, 0.2) is 0 Å². The Balaban J connectivity index is 1.96. The number of carbonyl (C=O) groups is 3. The Bertz CT molecular complexity index is 625. The number of β-amino-alcohol motifs (C(OH)–C–C–N with tert-alkyl or cyclic N) is 1. The molecular formula is C19H30N2O6. The van der Waals surface area contributed by atoms with E-state index in [1.807, 2.05) is 13.8 Å². The van der Waals surface area contributed by atoms with Crippen molar-refractivity contribution in [1.82, 2.24) is 10.2 Å². The largest absolute Gasteiger partial charge is 0.466 e. The molecule has 8 heteroatoms. The average molecular weight is 382 g/mol. The number of rotatable bonds is 8. The van der Waals surface area contributed by atoms with E-state index in [1.165, 1.54) is 4.90 Å². The predicted molar refractivity (Wildman–Crippen MR) is 95.6 cm³/mol. The van der Waals surface area contributed by atoms with Crippen molar-refractivity contribution in [3.8, 4) is 0 Å². The van der Waals surface area contributed by atoms with E-state index in [9.17, 15) is 19.5 Å². The first-order chi connectivity index (χ1) is 12.9. The van der Waals surface area contributed by atoms with E-state index in [4.69, 9.17) is 9.47 Å². The molecule has 2 unspecified atom stereocenters. The van der Waals surface area contributed by atoms with Gasteiger partial charge in [0.25, 0.3) is 0 Å². The van der Waals surface area contributed by atoms with Gasteiger partial charge in [0, 0.05) is 13.1 Å². The monoisotopic (exact) mass is 382 g/mol. The first-order valence-electron chi connectivity index (χ1n) is 9.92. The molecule has 0 aromatic heterocycles. The van der Waals surface area contributed by atoms with E-state index < -0.39 is 35.0 Å². The Labute approximate surface area is 159 Å². The number of nitrogens with zero attached hydrogens (tertiary/aromatic N) is 1. The van der Waals surface area contributed by atoms with Gasteiger partial charge in [0.15, 0.2) is 0 Å². The molecule has 0 saturated carbocycles. The maximum atomic E-state index is 13.2. The normalized spacial score (nSPS) is 36.8. The van der Waals surface area contributed by atoms with E-state index in [2.05, 4.69) is 5.32 Å². The maximum absolute atomic E-state index is 13.2. The minimum Gasteiger partial charge on any atom is -0.466 e. The van der Waals surface area contributed by atoms with E-state index >= 15 is 0 Å². The van der Waals surface area contributed by atoms with Gasteiger partial charge in [0.05, 0.1) is 24.7 Å². The Morgan fingerprint density at radius 2 is 2.11 bits per heavy atom. The summed E-state index contributed by atoms with van der Waals surface area (Å²) in [6, 6.07) is -0.833. The smallest absolute Gasteiger partial charge is 0.312 e. The van der Waals surface area contributed by atoms with Gasteiger partial charge in [-0.05, 0) is 33.1 Å². The summed E-state index contributed by atoms with van der Waals surface area (Å²) < 4.78 is 11.6. The molecule has 3 fully saturated rings. The zero-order chi connectivity index (χ0) is 19.8. The number of esters is 1. The minimum absolute atomic E-state index is 0.0402. The molecule has 27 heavy (non-hydrogen) atoms. The van der Waals surface area contributed by atoms with Crippen LogP contribution in [-0.2, 0) is 23.9 Å². The van der Waals surface area contributed by atoms with E-state index in [0.717, 1.165) is 12.8 Å². The zero-order valence-corrected chi connectivity index (χ0v) is 16.3. The SMILES string of the molecule is CCCCNC(=O)C1N(CCO)C(=O)[C@@H]2[C@@H](C(=O)OCC)[C@@]3(C)CCC12O3. The molecule has 8 nitrogen and oxygen atoms in total. The van der Waals surface area contributed by atoms with Gasteiger partial charge in [-0.2, -0.15) is 0 Å². The third-order valence-electron chi connectivity index (χ3n) is 6.24. The van der Waals surface area contributed by atoms with Crippen LogP contribution in [0.5, 0.6) is 0 Å². The van der Waals surface area contributed by atoms with E-state index in [0.29, 0.717) is 19.4 Å². The molecule has 3 aliphatic heterocycles. The molecule has 3 rings (SSSR count). The second kappa shape index (κ2) is 7.39. The Morgan fingerprint density at radius 3 is 2.74 bits per heavy atom. The number of amides is 2. The molecular weight excluding hydrogens is 352 g/mol. The van der Waals surface area contributed by atoms with Crippen LogP contribution < -0.4 is 5.32 Å². The summed E-state index contributed by atoms with van der Waals surface area (Å²) in [7, 11) is 0. The molecule has 0 radical (unpaired) electrons. The van der Waals surface area contributed by atoms with Gasteiger partial charge in [-0.15, -0.1) is 0 Å². The summed E-state index contributed by atoms with van der Waals surface area (Å²) in [6.07, 6.45) is 2.90. The van der Waals surface area contributed by atoms with E-state index in [1.54, 1.807) is 6.92 Å². The number of nitrogens with one attached hydrogen (secondary N) is 1. The van der Waals surface area contributed by atoms with Gasteiger partial charge in [0.2, 0.25) is 11.8 Å². The van der Waals surface area contributed by atoms with Gasteiger partial charge in [-0.1, -0.05) is 13.3 Å². The lowest BCUT2D eigenvalue weighted by molar-refractivity contribution is -0.159. The molecule has 2 bridgehead atoms. The van der Waals surface area contributed by atoms with Crippen LogP contribution in [0.3, 0.4) is 0 Å². The van der Waals surface area contributed by atoms with E-state index in [-0.39, 0.29) is 31.6 Å². The Kier molecular flexibility index (Phi) is 5.49. The second-order valence-electron chi connectivity index (χ2n) is 7.88. The Hall–Kier alpha value is -1.67. The van der Waals surface area contributed by atoms with Crippen molar-refractivity contribution < 1.29 is 29.0 Å². The molecule has 152 valence electrons. The molecule has 3 aliphatic rings. The zero-order valence-electron chi connectivity index (χ0n) is 16.3. The highest BCUT2D eigenvalue weighted by Crippen LogP contribution is 2.63. The van der Waals surface area contributed by atoms with Gasteiger partial charge in [0.1, 0.15) is 17.6 Å². The number of ether oxygens (including phenoxy) is 2.